The van der Waals surface area contributed by atoms with Gasteiger partial charge in [0.2, 0.25) is 0 Å². The molecule has 0 aliphatic rings. The van der Waals surface area contributed by atoms with Crippen LogP contribution in [0.25, 0.3) is 0 Å². The maximum Gasteiger partial charge on any atom is 0.123 e. The molecule has 0 saturated carbocycles. The number of ether oxygens (including phenoxy) is 2. The molecule has 3 nitrogen and oxygen atoms in total. The van der Waals surface area contributed by atoms with E-state index in [4.69, 9.17) is 9.47 Å². The van der Waals surface area contributed by atoms with Gasteiger partial charge in [0.25, 0.3) is 0 Å². The SMILES string of the molecule is CCC(C)(C)NCCOc1ccc(OC)cc1C(C)(C)C. The van der Waals surface area contributed by atoms with E-state index in [1.807, 2.05) is 12.1 Å². The summed E-state index contributed by atoms with van der Waals surface area (Å²) >= 11 is 0. The van der Waals surface area contributed by atoms with Gasteiger partial charge in [0.1, 0.15) is 18.1 Å². The molecule has 0 radical (unpaired) electrons. The molecular weight excluding hydrogens is 262 g/mol. The summed E-state index contributed by atoms with van der Waals surface area (Å²) in [6.45, 7) is 14.7. The summed E-state index contributed by atoms with van der Waals surface area (Å²) in [5.41, 5.74) is 1.37. The third-order valence-corrected chi connectivity index (χ3v) is 3.84. The zero-order valence-corrected chi connectivity index (χ0v) is 14.7. The van der Waals surface area contributed by atoms with Crippen molar-refractivity contribution in [1.29, 1.82) is 0 Å². The number of methoxy groups -OCH3 is 1. The molecule has 0 spiro atoms. The second-order valence-corrected chi connectivity index (χ2v) is 7.12. The molecule has 0 aliphatic carbocycles. The summed E-state index contributed by atoms with van der Waals surface area (Å²) in [4.78, 5) is 0. The van der Waals surface area contributed by atoms with E-state index in [9.17, 15) is 0 Å². The highest BCUT2D eigenvalue weighted by Crippen LogP contribution is 2.34. The van der Waals surface area contributed by atoms with Crippen LogP contribution in [0.15, 0.2) is 18.2 Å². The van der Waals surface area contributed by atoms with Crippen molar-refractivity contribution in [2.75, 3.05) is 20.3 Å². The molecule has 1 aromatic carbocycles. The van der Waals surface area contributed by atoms with Crippen LogP contribution in [0.1, 0.15) is 53.5 Å². The lowest BCUT2D eigenvalue weighted by Crippen LogP contribution is -2.40. The van der Waals surface area contributed by atoms with E-state index in [1.54, 1.807) is 7.11 Å². The topological polar surface area (TPSA) is 30.5 Å². The van der Waals surface area contributed by atoms with Crippen LogP contribution in [-0.2, 0) is 5.41 Å². The predicted molar refractivity (Wildman–Crippen MR) is 89.6 cm³/mol. The molecule has 0 atom stereocenters. The fraction of sp³-hybridized carbons (Fsp3) is 0.667. The van der Waals surface area contributed by atoms with E-state index >= 15 is 0 Å². The molecule has 1 N–H and O–H groups in total. The van der Waals surface area contributed by atoms with E-state index in [0.29, 0.717) is 6.61 Å². The highest BCUT2D eigenvalue weighted by molar-refractivity contribution is 5.44. The van der Waals surface area contributed by atoms with E-state index in [2.05, 4.69) is 52.9 Å². The quantitative estimate of drug-likeness (QED) is 0.766. The van der Waals surface area contributed by atoms with Gasteiger partial charge in [0, 0.05) is 17.6 Å². The predicted octanol–water partition coefficient (Wildman–Crippen LogP) is 4.15. The van der Waals surface area contributed by atoms with Gasteiger partial charge in [-0.25, -0.2) is 0 Å². The first kappa shape index (κ1) is 17.8. The molecule has 0 unspecified atom stereocenters. The Morgan fingerprint density at radius 2 is 1.76 bits per heavy atom. The Labute approximate surface area is 130 Å². The van der Waals surface area contributed by atoms with Crippen LogP contribution in [-0.4, -0.2) is 25.8 Å². The molecule has 21 heavy (non-hydrogen) atoms. The van der Waals surface area contributed by atoms with Crippen molar-refractivity contribution in [2.45, 2.75) is 58.9 Å². The van der Waals surface area contributed by atoms with Gasteiger partial charge < -0.3 is 14.8 Å². The number of hydrogen-bond donors (Lipinski definition) is 1. The van der Waals surface area contributed by atoms with Gasteiger partial charge in [-0.15, -0.1) is 0 Å². The Morgan fingerprint density at radius 1 is 1.10 bits per heavy atom. The normalized spacial score (nSPS) is 12.3. The molecule has 3 heteroatoms. The minimum atomic E-state index is 0.0278. The zero-order chi connectivity index (χ0) is 16.1. The van der Waals surface area contributed by atoms with Gasteiger partial charge >= 0.3 is 0 Å². The van der Waals surface area contributed by atoms with E-state index in [1.165, 1.54) is 5.56 Å². The van der Waals surface area contributed by atoms with Crippen molar-refractivity contribution in [3.05, 3.63) is 23.8 Å². The number of rotatable bonds is 7. The fourth-order valence-electron chi connectivity index (χ4n) is 2.02. The summed E-state index contributed by atoms with van der Waals surface area (Å²) in [5.74, 6) is 1.82. The fourth-order valence-corrected chi connectivity index (χ4v) is 2.02. The summed E-state index contributed by atoms with van der Waals surface area (Å²) in [6, 6.07) is 6.02. The standard InChI is InChI=1S/C18H31NO2/c1-8-18(5,6)19-11-12-21-16-10-9-14(20-7)13-15(16)17(2,3)4/h9-10,13,19H,8,11-12H2,1-7H3. The van der Waals surface area contributed by atoms with Crippen molar-refractivity contribution in [1.82, 2.24) is 5.32 Å². The largest absolute Gasteiger partial charge is 0.497 e. The highest BCUT2D eigenvalue weighted by atomic mass is 16.5. The molecule has 1 rings (SSSR count). The number of nitrogens with one attached hydrogen (secondary N) is 1. The maximum atomic E-state index is 5.98. The average molecular weight is 293 g/mol. The van der Waals surface area contributed by atoms with Crippen molar-refractivity contribution >= 4 is 0 Å². The minimum Gasteiger partial charge on any atom is -0.497 e. The Kier molecular flexibility index (Phi) is 6.09. The van der Waals surface area contributed by atoms with Crippen LogP contribution >= 0.6 is 0 Å². The van der Waals surface area contributed by atoms with Crippen LogP contribution < -0.4 is 14.8 Å². The first-order valence-corrected chi connectivity index (χ1v) is 7.76. The van der Waals surface area contributed by atoms with Gasteiger partial charge in [-0.1, -0.05) is 27.7 Å². The zero-order valence-electron chi connectivity index (χ0n) is 14.7. The third kappa shape index (κ3) is 5.58. The van der Waals surface area contributed by atoms with Crippen LogP contribution in [0, 0.1) is 0 Å². The number of hydrogen-bond acceptors (Lipinski definition) is 3. The molecule has 0 fully saturated rings. The highest BCUT2D eigenvalue weighted by Gasteiger charge is 2.20. The van der Waals surface area contributed by atoms with Crippen LogP contribution in [0.2, 0.25) is 0 Å². The van der Waals surface area contributed by atoms with Gasteiger partial charge in [-0.05, 0) is 43.9 Å². The van der Waals surface area contributed by atoms with Gasteiger partial charge in [0.05, 0.1) is 7.11 Å². The molecule has 0 saturated heterocycles. The van der Waals surface area contributed by atoms with E-state index in [-0.39, 0.29) is 11.0 Å². The number of benzene rings is 1. The van der Waals surface area contributed by atoms with E-state index in [0.717, 1.165) is 24.5 Å². The lowest BCUT2D eigenvalue weighted by molar-refractivity contribution is 0.275. The summed E-state index contributed by atoms with van der Waals surface area (Å²) in [7, 11) is 1.69. The summed E-state index contributed by atoms with van der Waals surface area (Å²) in [5, 5.41) is 3.51. The van der Waals surface area contributed by atoms with E-state index < -0.39 is 0 Å². The lowest BCUT2D eigenvalue weighted by Gasteiger charge is -2.26. The summed E-state index contributed by atoms with van der Waals surface area (Å²) < 4.78 is 11.3. The molecule has 0 heterocycles. The summed E-state index contributed by atoms with van der Waals surface area (Å²) in [6.07, 6.45) is 1.10. The smallest absolute Gasteiger partial charge is 0.123 e. The van der Waals surface area contributed by atoms with Crippen LogP contribution in [0.5, 0.6) is 11.5 Å². The van der Waals surface area contributed by atoms with Gasteiger partial charge in [0.15, 0.2) is 0 Å². The van der Waals surface area contributed by atoms with Crippen molar-refractivity contribution in [3.63, 3.8) is 0 Å². The van der Waals surface area contributed by atoms with Crippen molar-refractivity contribution < 1.29 is 9.47 Å². The van der Waals surface area contributed by atoms with Crippen LogP contribution in [0.3, 0.4) is 0 Å². The molecule has 0 aromatic heterocycles. The van der Waals surface area contributed by atoms with Gasteiger partial charge in [-0.2, -0.15) is 0 Å². The Hall–Kier alpha value is -1.22. The molecule has 1 aromatic rings. The second kappa shape index (κ2) is 7.17. The monoisotopic (exact) mass is 293 g/mol. The third-order valence-electron chi connectivity index (χ3n) is 3.84. The van der Waals surface area contributed by atoms with Crippen molar-refractivity contribution in [2.24, 2.45) is 0 Å². The van der Waals surface area contributed by atoms with Crippen molar-refractivity contribution in [3.8, 4) is 11.5 Å². The molecular formula is C18H31NO2. The minimum absolute atomic E-state index is 0.0278. The molecule has 120 valence electrons. The van der Waals surface area contributed by atoms with Gasteiger partial charge in [-0.3, -0.25) is 0 Å². The first-order valence-electron chi connectivity index (χ1n) is 7.76. The maximum absolute atomic E-state index is 5.98. The average Bonchev–Trinajstić information content (AvgIpc) is 2.42. The Balaban J connectivity index is 2.71. The molecule has 0 aliphatic heterocycles. The Bertz CT molecular complexity index is 447. The Morgan fingerprint density at radius 3 is 2.29 bits per heavy atom. The van der Waals surface area contributed by atoms with Crippen LogP contribution in [0.4, 0.5) is 0 Å². The molecule has 0 bridgehead atoms. The lowest BCUT2D eigenvalue weighted by atomic mass is 9.86. The first-order chi connectivity index (χ1) is 9.69. The second-order valence-electron chi connectivity index (χ2n) is 7.12. The molecule has 0 amide bonds.